The molecule has 0 aliphatic rings. The predicted octanol–water partition coefficient (Wildman–Crippen LogP) is 35.5. The third kappa shape index (κ3) is 11.6. The number of fused-ring (bicyclic) bond motifs is 12. The number of rotatable bonds is 16. The predicted molar refractivity (Wildman–Crippen MR) is 548 cm³/mol. The molecule has 4 heteroatoms. The first-order valence-electron chi connectivity index (χ1n) is 44.2. The van der Waals surface area contributed by atoms with Crippen molar-refractivity contribution in [2.24, 2.45) is 0 Å². The van der Waals surface area contributed by atoms with Crippen molar-refractivity contribution in [3.05, 3.63) is 485 Å². The van der Waals surface area contributed by atoms with E-state index in [1.54, 1.807) is 0 Å². The fourth-order valence-electron chi connectivity index (χ4n) is 21.6. The van der Waals surface area contributed by atoms with Crippen molar-refractivity contribution in [3.63, 3.8) is 0 Å². The maximum absolute atomic E-state index is 2.41. The fourth-order valence-corrected chi connectivity index (χ4v) is 21.6. The molecule has 26 rings (SSSR count). The minimum absolute atomic E-state index is 1.13. The number of benzene rings is 22. The molecule has 0 N–H and O–H groups in total. The molecule has 596 valence electrons. The average Bonchev–Trinajstić information content (AvgIpc) is 1.52. The number of para-hydroxylation sites is 8. The minimum atomic E-state index is 1.13. The number of hydrogen-bond donors (Lipinski definition) is 0. The van der Waals surface area contributed by atoms with Crippen molar-refractivity contribution in [2.45, 2.75) is 0 Å². The fraction of sp³-hybridized carbons (Fsp3) is 0. The topological polar surface area (TPSA) is 13.0 Å². The van der Waals surface area contributed by atoms with Crippen LogP contribution in [-0.4, -0.2) is 0 Å². The van der Waals surface area contributed by atoms with Gasteiger partial charge < -0.3 is 19.6 Å². The Hall–Kier alpha value is -16.9. The molecule has 128 heavy (non-hydrogen) atoms. The summed E-state index contributed by atoms with van der Waals surface area (Å²) < 4.78 is 0. The molecule has 0 atom stereocenters. The Kier molecular flexibility index (Phi) is 17.6. The highest BCUT2D eigenvalue weighted by Gasteiger charge is 2.34. The second-order valence-corrected chi connectivity index (χ2v) is 33.4. The lowest BCUT2D eigenvalue weighted by atomic mass is 9.87. The van der Waals surface area contributed by atoms with Crippen molar-refractivity contribution < 1.29 is 0 Å². The molecule has 0 radical (unpaired) electrons. The molecule has 4 nitrogen and oxygen atoms in total. The third-order valence-electron chi connectivity index (χ3n) is 26.6. The van der Waals surface area contributed by atoms with E-state index in [1.807, 2.05) is 0 Å². The van der Waals surface area contributed by atoms with E-state index >= 15 is 0 Å². The third-order valence-corrected chi connectivity index (χ3v) is 26.6. The smallest absolute Gasteiger partial charge is 0.0540 e. The van der Waals surface area contributed by atoms with Crippen LogP contribution in [0.2, 0.25) is 0 Å². The van der Waals surface area contributed by atoms with Crippen LogP contribution in [0.25, 0.3) is 174 Å². The molecule has 26 aromatic carbocycles. The van der Waals surface area contributed by atoms with Crippen LogP contribution in [0, 0.1) is 0 Å². The molecular formula is C124H80N4. The summed E-state index contributed by atoms with van der Waals surface area (Å²) in [4.78, 5) is 9.63. The largest absolute Gasteiger partial charge is 0.310 e. The van der Waals surface area contributed by atoms with Gasteiger partial charge in [0.25, 0.3) is 0 Å². The quantitative estimate of drug-likeness (QED) is 0.0956. The Morgan fingerprint density at radius 2 is 0.227 bits per heavy atom. The molecule has 0 aliphatic heterocycles. The van der Waals surface area contributed by atoms with Gasteiger partial charge in [0.2, 0.25) is 0 Å². The second-order valence-electron chi connectivity index (χ2n) is 33.4. The molecule has 26 aromatic rings. The van der Waals surface area contributed by atoms with Crippen molar-refractivity contribution in [3.8, 4) is 44.5 Å². The van der Waals surface area contributed by atoms with Crippen LogP contribution >= 0.6 is 0 Å². The summed E-state index contributed by atoms with van der Waals surface area (Å²) in [6, 6.07) is 177. The van der Waals surface area contributed by atoms with Gasteiger partial charge in [-0.15, -0.1) is 0 Å². The van der Waals surface area contributed by atoms with Crippen molar-refractivity contribution >= 4 is 198 Å². The summed E-state index contributed by atoms with van der Waals surface area (Å²) in [5.41, 5.74) is 23.6. The first-order valence-corrected chi connectivity index (χ1v) is 44.2. The van der Waals surface area contributed by atoms with Crippen molar-refractivity contribution in [2.75, 3.05) is 19.6 Å². The molecule has 0 bridgehead atoms. The molecule has 0 fully saturated rings. The Bertz CT molecular complexity index is 7320. The summed E-state index contributed by atoms with van der Waals surface area (Å²) in [7, 11) is 0. The number of anilines is 12. The monoisotopic (exact) mass is 1620 g/mol. The van der Waals surface area contributed by atoms with E-state index in [1.165, 1.54) is 174 Å². The van der Waals surface area contributed by atoms with E-state index in [4.69, 9.17) is 0 Å². The highest BCUT2D eigenvalue weighted by molar-refractivity contribution is 6.50. The Morgan fingerprint density at radius 1 is 0.0938 bits per heavy atom. The van der Waals surface area contributed by atoms with Crippen LogP contribution in [-0.2, 0) is 0 Å². The van der Waals surface area contributed by atoms with Gasteiger partial charge in [0.05, 0.1) is 22.7 Å². The summed E-state index contributed by atoms with van der Waals surface area (Å²) >= 11 is 0. The van der Waals surface area contributed by atoms with Gasteiger partial charge in [0.15, 0.2) is 0 Å². The first-order chi connectivity index (χ1) is 63.7. The molecule has 0 unspecified atom stereocenters. The molecule has 0 aromatic heterocycles. The zero-order valence-corrected chi connectivity index (χ0v) is 70.0. The molecule has 0 saturated heterocycles. The van der Waals surface area contributed by atoms with E-state index in [-0.39, 0.29) is 0 Å². The van der Waals surface area contributed by atoms with Gasteiger partial charge >= 0.3 is 0 Å². The van der Waals surface area contributed by atoms with Crippen LogP contribution < -0.4 is 19.6 Å². The van der Waals surface area contributed by atoms with Gasteiger partial charge in [-0.05, 0) is 274 Å². The summed E-state index contributed by atoms with van der Waals surface area (Å²) in [5.74, 6) is 0. The lowest BCUT2D eigenvalue weighted by Crippen LogP contribution is -2.10. The van der Waals surface area contributed by atoms with E-state index in [0.717, 1.165) is 68.2 Å². The molecule has 0 aliphatic carbocycles. The summed E-state index contributed by atoms with van der Waals surface area (Å²) in [6.45, 7) is 0. The van der Waals surface area contributed by atoms with Crippen LogP contribution in [0.3, 0.4) is 0 Å². The highest BCUT2D eigenvalue weighted by atomic mass is 15.2. The molecule has 0 heterocycles. The Labute approximate surface area is 741 Å². The molecule has 0 saturated carbocycles. The van der Waals surface area contributed by atoms with E-state index in [2.05, 4.69) is 505 Å². The van der Waals surface area contributed by atoms with Crippen molar-refractivity contribution in [1.29, 1.82) is 0 Å². The molecule has 0 spiro atoms. The van der Waals surface area contributed by atoms with Gasteiger partial charge in [-0.2, -0.15) is 0 Å². The number of nitrogens with zero attached hydrogens (tertiary/aromatic N) is 4. The van der Waals surface area contributed by atoms with Gasteiger partial charge in [-0.3, -0.25) is 0 Å². The lowest BCUT2D eigenvalue weighted by Gasteiger charge is -2.27. The first kappa shape index (κ1) is 73.8. The summed E-state index contributed by atoms with van der Waals surface area (Å²) in [6.07, 6.45) is 0. The lowest BCUT2D eigenvalue weighted by molar-refractivity contribution is 1.30. The Morgan fingerprint density at radius 3 is 0.383 bits per heavy atom. The molecular weight excluding hydrogens is 1550 g/mol. The van der Waals surface area contributed by atoms with Crippen molar-refractivity contribution in [1.82, 2.24) is 0 Å². The minimum Gasteiger partial charge on any atom is -0.310 e. The maximum Gasteiger partial charge on any atom is 0.0540 e. The van der Waals surface area contributed by atoms with Crippen LogP contribution in [0.4, 0.5) is 68.2 Å². The van der Waals surface area contributed by atoms with Crippen LogP contribution in [0.5, 0.6) is 0 Å². The zero-order valence-electron chi connectivity index (χ0n) is 70.0. The SMILES string of the molecule is c1ccc(-c2c3c4cccc5c(N(c6ccccc6)c6ccccc6)ccc(c3c(-c3ccccc3)c3c6ccc(N(c7ccccc7)c7ccccc7)c7cccc(c23)c76)c54)cc1.c1ccc(-c2c3c4cccc5c(N(c6ccccc6)c6ccccc6)ccc(c3c(-c3ccccc3)c3c6ccc(N(c7ccccc7)c7ccccc7)c7cccc(c23)c76)c54)cc1. The van der Waals surface area contributed by atoms with Gasteiger partial charge in [0.1, 0.15) is 0 Å². The van der Waals surface area contributed by atoms with E-state index in [0.29, 0.717) is 0 Å². The van der Waals surface area contributed by atoms with Crippen LogP contribution in [0.1, 0.15) is 0 Å². The second kappa shape index (κ2) is 30.5. The highest BCUT2D eigenvalue weighted by Crippen LogP contribution is 2.61. The maximum atomic E-state index is 2.41. The van der Waals surface area contributed by atoms with Gasteiger partial charge in [-0.1, -0.05) is 364 Å². The van der Waals surface area contributed by atoms with E-state index < -0.39 is 0 Å². The average molecular weight is 1630 g/mol. The van der Waals surface area contributed by atoms with E-state index in [9.17, 15) is 0 Å². The standard InChI is InChI=1S/2C62H40N2/c2*1-7-21-41(22-8-1)55-59-49-35-19-33-47-53(63(43-25-11-3-12-26-43)44-27-13-4-14-28-44)39-37-51(57(47)49)61(59)56(42-23-9-2-10-24-42)62-52-38-40-54(48-34-20-36-50(58(48)52)60(55)62)64(45-29-15-5-16-30-45)46-31-17-6-18-32-46/h2*1-40H. The Balaban J connectivity index is 0.000000139. The van der Waals surface area contributed by atoms with Crippen LogP contribution in [0.15, 0.2) is 485 Å². The van der Waals surface area contributed by atoms with Gasteiger partial charge in [0, 0.05) is 67.0 Å². The number of hydrogen-bond acceptors (Lipinski definition) is 4. The van der Waals surface area contributed by atoms with Gasteiger partial charge in [-0.25, -0.2) is 0 Å². The normalized spacial score (nSPS) is 11.8. The summed E-state index contributed by atoms with van der Waals surface area (Å²) in [5, 5.41) is 30.6. The molecule has 0 amide bonds. The zero-order chi connectivity index (χ0) is 84.3.